The van der Waals surface area contributed by atoms with Crippen molar-refractivity contribution in [2.75, 3.05) is 38.0 Å². The lowest BCUT2D eigenvalue weighted by Crippen LogP contribution is -2.10. The van der Waals surface area contributed by atoms with Gasteiger partial charge in [-0.05, 0) is 24.3 Å². The number of rotatable bonds is 4. The average Bonchev–Trinajstić information content (AvgIpc) is 2.46. The standard InChI is InChI=1S/C17H21N3.ClH.H2O/c1-19(2)15-9-5-13(6-10-15)17(18)14-7-11-16(12-8-14)20(3)4;;/h5-12,18H,1-4H3;1H;1H2. The van der Waals surface area contributed by atoms with Gasteiger partial charge in [-0.1, -0.05) is 24.3 Å². The zero-order valence-electron chi connectivity index (χ0n) is 13.4. The predicted molar refractivity (Wildman–Crippen MR) is 98.3 cm³/mol. The topological polar surface area (TPSA) is 61.8 Å². The molecule has 0 bridgehead atoms. The Morgan fingerprint density at radius 1 is 0.682 bits per heavy atom. The van der Waals surface area contributed by atoms with E-state index in [1.807, 2.05) is 76.7 Å². The van der Waals surface area contributed by atoms with Gasteiger partial charge in [0, 0.05) is 50.7 Å². The van der Waals surface area contributed by atoms with Crippen LogP contribution in [0.1, 0.15) is 11.1 Å². The Bertz CT molecular complexity index is 539. The Morgan fingerprint density at radius 3 is 1.18 bits per heavy atom. The highest BCUT2D eigenvalue weighted by atomic mass is 35.5. The monoisotopic (exact) mass is 321 g/mol. The second-order valence-corrected chi connectivity index (χ2v) is 5.26. The summed E-state index contributed by atoms with van der Waals surface area (Å²) in [6.07, 6.45) is 0. The number of hydrogen-bond donors (Lipinski definition) is 1. The molecule has 0 amide bonds. The molecule has 120 valence electrons. The fourth-order valence-corrected chi connectivity index (χ4v) is 2.02. The molecule has 0 aliphatic heterocycles. The molecular weight excluding hydrogens is 298 g/mol. The van der Waals surface area contributed by atoms with Gasteiger partial charge in [-0.3, -0.25) is 5.41 Å². The maximum atomic E-state index is 8.30. The first kappa shape index (κ1) is 20.0. The maximum Gasteiger partial charge on any atom is 0.0684 e. The smallest absolute Gasteiger partial charge is 0.0684 e. The van der Waals surface area contributed by atoms with Crippen LogP contribution >= 0.6 is 12.4 Å². The second kappa shape index (κ2) is 8.41. The average molecular weight is 322 g/mol. The maximum absolute atomic E-state index is 8.30. The third-order valence-corrected chi connectivity index (χ3v) is 3.34. The van der Waals surface area contributed by atoms with Gasteiger partial charge in [0.1, 0.15) is 0 Å². The highest BCUT2D eigenvalue weighted by molar-refractivity contribution is 6.11. The van der Waals surface area contributed by atoms with Gasteiger partial charge >= 0.3 is 0 Å². The molecule has 0 saturated heterocycles. The quantitative estimate of drug-likeness (QED) is 0.880. The molecule has 4 nitrogen and oxygen atoms in total. The van der Waals surface area contributed by atoms with Gasteiger partial charge in [-0.25, -0.2) is 0 Å². The van der Waals surface area contributed by atoms with Crippen LogP contribution in [0.2, 0.25) is 0 Å². The first-order valence-electron chi connectivity index (χ1n) is 6.63. The van der Waals surface area contributed by atoms with Crippen molar-refractivity contribution in [1.29, 1.82) is 5.41 Å². The van der Waals surface area contributed by atoms with Crippen molar-refractivity contribution in [1.82, 2.24) is 0 Å². The fourth-order valence-electron chi connectivity index (χ4n) is 2.02. The van der Waals surface area contributed by atoms with E-state index < -0.39 is 0 Å². The molecule has 0 spiro atoms. The number of nitrogens with one attached hydrogen (secondary N) is 1. The molecule has 3 N–H and O–H groups in total. The van der Waals surface area contributed by atoms with Crippen molar-refractivity contribution >= 4 is 29.5 Å². The molecule has 5 heteroatoms. The summed E-state index contributed by atoms with van der Waals surface area (Å²) < 4.78 is 0. The summed E-state index contributed by atoms with van der Waals surface area (Å²) in [6, 6.07) is 16.1. The first-order valence-corrected chi connectivity index (χ1v) is 6.63. The second-order valence-electron chi connectivity index (χ2n) is 5.26. The summed E-state index contributed by atoms with van der Waals surface area (Å²) in [7, 11) is 8.06. The summed E-state index contributed by atoms with van der Waals surface area (Å²) in [5.74, 6) is 0. The Morgan fingerprint density at radius 2 is 0.955 bits per heavy atom. The molecule has 2 aromatic carbocycles. The molecule has 0 unspecified atom stereocenters. The van der Waals surface area contributed by atoms with Gasteiger partial charge in [-0.2, -0.15) is 0 Å². The predicted octanol–water partition coefficient (Wildman–Crippen LogP) is 2.83. The normalized spacial score (nSPS) is 9.27. The Hall–Kier alpha value is -2.04. The Balaban J connectivity index is 0.00000220. The number of hydrogen-bond acceptors (Lipinski definition) is 3. The highest BCUT2D eigenvalue weighted by Gasteiger charge is 2.06. The third-order valence-electron chi connectivity index (χ3n) is 3.34. The first-order chi connectivity index (χ1) is 9.49. The van der Waals surface area contributed by atoms with Crippen molar-refractivity contribution in [2.45, 2.75) is 0 Å². The van der Waals surface area contributed by atoms with Gasteiger partial charge in [-0.15, -0.1) is 12.4 Å². The Kier molecular flexibility index (Phi) is 7.63. The molecule has 0 radical (unpaired) electrons. The number of benzene rings is 2. The fraction of sp³-hybridized carbons (Fsp3) is 0.235. The van der Waals surface area contributed by atoms with Crippen LogP contribution in [0.4, 0.5) is 11.4 Å². The van der Waals surface area contributed by atoms with E-state index >= 15 is 0 Å². The van der Waals surface area contributed by atoms with Gasteiger partial charge in [0.15, 0.2) is 0 Å². The summed E-state index contributed by atoms with van der Waals surface area (Å²) >= 11 is 0. The molecular formula is C17H24ClN3O. The van der Waals surface area contributed by atoms with E-state index in [-0.39, 0.29) is 17.9 Å². The minimum Gasteiger partial charge on any atom is -0.412 e. The van der Waals surface area contributed by atoms with Crippen LogP contribution < -0.4 is 9.80 Å². The van der Waals surface area contributed by atoms with Gasteiger partial charge < -0.3 is 15.3 Å². The van der Waals surface area contributed by atoms with Crippen molar-refractivity contribution in [2.24, 2.45) is 0 Å². The van der Waals surface area contributed by atoms with E-state index in [4.69, 9.17) is 5.41 Å². The minimum absolute atomic E-state index is 0. The molecule has 2 aromatic rings. The lowest BCUT2D eigenvalue weighted by molar-refractivity contribution is 0.824. The third kappa shape index (κ3) is 4.48. The van der Waals surface area contributed by atoms with Crippen LogP contribution in [0.25, 0.3) is 0 Å². The molecule has 0 aromatic heterocycles. The molecule has 2 rings (SSSR count). The van der Waals surface area contributed by atoms with Crippen LogP contribution in [0.5, 0.6) is 0 Å². The summed E-state index contributed by atoms with van der Waals surface area (Å²) in [5, 5.41) is 8.30. The van der Waals surface area contributed by atoms with Gasteiger partial charge in [0.05, 0.1) is 5.71 Å². The lowest BCUT2D eigenvalue weighted by Gasteiger charge is -2.14. The molecule has 0 atom stereocenters. The van der Waals surface area contributed by atoms with Gasteiger partial charge in [0.25, 0.3) is 0 Å². The van der Waals surface area contributed by atoms with Crippen LogP contribution in [0.15, 0.2) is 48.5 Å². The van der Waals surface area contributed by atoms with E-state index in [2.05, 4.69) is 9.80 Å². The van der Waals surface area contributed by atoms with Crippen molar-refractivity contribution in [3.63, 3.8) is 0 Å². The van der Waals surface area contributed by atoms with E-state index in [0.717, 1.165) is 22.5 Å². The van der Waals surface area contributed by atoms with Crippen molar-refractivity contribution < 1.29 is 5.48 Å². The SMILES string of the molecule is CN(C)c1ccc(C(=N)c2ccc(N(C)C)cc2)cc1.Cl.O. The number of anilines is 2. The molecule has 0 fully saturated rings. The van der Waals surface area contributed by atoms with Gasteiger partial charge in [0.2, 0.25) is 0 Å². The zero-order chi connectivity index (χ0) is 14.7. The summed E-state index contributed by atoms with van der Waals surface area (Å²) in [5.41, 5.74) is 4.72. The number of nitrogens with zero attached hydrogens (tertiary/aromatic N) is 2. The molecule has 0 saturated carbocycles. The summed E-state index contributed by atoms with van der Waals surface area (Å²) in [4.78, 5) is 4.11. The number of halogens is 1. The van der Waals surface area contributed by atoms with Crippen molar-refractivity contribution in [3.8, 4) is 0 Å². The molecule has 0 aliphatic carbocycles. The van der Waals surface area contributed by atoms with E-state index in [1.165, 1.54) is 0 Å². The largest absolute Gasteiger partial charge is 0.412 e. The van der Waals surface area contributed by atoms with E-state index in [9.17, 15) is 0 Å². The Labute approximate surface area is 138 Å². The van der Waals surface area contributed by atoms with Crippen LogP contribution in [-0.2, 0) is 0 Å². The lowest BCUT2D eigenvalue weighted by atomic mass is 10.0. The van der Waals surface area contributed by atoms with Crippen LogP contribution in [0, 0.1) is 5.41 Å². The minimum atomic E-state index is 0. The molecule has 22 heavy (non-hydrogen) atoms. The summed E-state index contributed by atoms with van der Waals surface area (Å²) in [6.45, 7) is 0. The molecule has 0 heterocycles. The molecule has 0 aliphatic rings. The highest BCUT2D eigenvalue weighted by Crippen LogP contribution is 2.18. The van der Waals surface area contributed by atoms with Crippen LogP contribution in [-0.4, -0.2) is 39.4 Å². The van der Waals surface area contributed by atoms with Crippen LogP contribution in [0.3, 0.4) is 0 Å². The zero-order valence-corrected chi connectivity index (χ0v) is 14.2. The van der Waals surface area contributed by atoms with E-state index in [0.29, 0.717) is 5.71 Å². The van der Waals surface area contributed by atoms with E-state index in [1.54, 1.807) is 0 Å². The van der Waals surface area contributed by atoms with Crippen molar-refractivity contribution in [3.05, 3.63) is 59.7 Å².